The zero-order valence-electron chi connectivity index (χ0n) is 30.7. The van der Waals surface area contributed by atoms with Crippen LogP contribution in [0.15, 0.2) is 54.6 Å². The highest BCUT2D eigenvalue weighted by Gasteiger charge is 2.50. The maximum absolute atomic E-state index is 13.3. The fourth-order valence-corrected chi connectivity index (χ4v) is 5.50. The zero-order valence-corrected chi connectivity index (χ0v) is 30.7. The molecule has 0 radical (unpaired) electrons. The standard InChI is InChI=1S/C39H56N4O9/c1-49-22-24-51-27-35(45)40-21-9-8-14-33(42-36(46)28-52-25-23-50-2)37(47)41-29-39(19-20-39)38(48)43-34(44)26-32-17-15-31(16-18-32)13-7-6-12-30-10-4-3-5-11-30/h3-5,10-11,15-18,33H,6-9,12-14,19-29H2,1-2H3,(H,40,45)(H,41,47)(H,42,46)(H,43,44,48)/t33-/m0/s1. The number of nitrogens with one attached hydrogen (secondary N) is 4. The number of unbranched alkanes of at least 4 members (excludes halogenated alkanes) is 2. The first kappa shape index (κ1) is 42.2. The number of carbonyl (C=O) groups is 5. The molecule has 1 aliphatic carbocycles. The van der Waals surface area contributed by atoms with Gasteiger partial charge in [-0.2, -0.15) is 0 Å². The molecule has 5 amide bonds. The summed E-state index contributed by atoms with van der Waals surface area (Å²) >= 11 is 0. The second-order valence-electron chi connectivity index (χ2n) is 13.1. The van der Waals surface area contributed by atoms with Crippen LogP contribution in [-0.4, -0.2) is 103 Å². The molecule has 1 atom stereocenters. The summed E-state index contributed by atoms with van der Waals surface area (Å²) in [4.78, 5) is 63.6. The average molecular weight is 725 g/mol. The number of carbonyl (C=O) groups excluding carboxylic acids is 5. The van der Waals surface area contributed by atoms with E-state index in [0.717, 1.165) is 31.2 Å². The SMILES string of the molecule is COCCOCC(=O)NCCCC[C@H](NC(=O)COCCOC)C(=O)NCC1(C(=O)NC(=O)Cc2ccc(CCCCc3ccccc3)cc2)CC1. The highest BCUT2D eigenvalue weighted by atomic mass is 16.5. The molecule has 13 heteroatoms. The number of ether oxygens (including phenoxy) is 4. The van der Waals surface area contributed by atoms with Crippen molar-refractivity contribution < 1.29 is 42.9 Å². The number of benzene rings is 2. The quantitative estimate of drug-likeness (QED) is 0.101. The maximum atomic E-state index is 13.3. The van der Waals surface area contributed by atoms with Gasteiger partial charge in [0.1, 0.15) is 19.3 Å². The lowest BCUT2D eigenvalue weighted by molar-refractivity contribution is -0.134. The van der Waals surface area contributed by atoms with Crippen molar-refractivity contribution in [1.29, 1.82) is 0 Å². The van der Waals surface area contributed by atoms with Crippen molar-refractivity contribution in [3.63, 3.8) is 0 Å². The molecule has 13 nitrogen and oxygen atoms in total. The number of rotatable bonds is 27. The Morgan fingerprint density at radius 2 is 1.27 bits per heavy atom. The Balaban J connectivity index is 1.41. The van der Waals surface area contributed by atoms with Gasteiger partial charge in [0, 0.05) is 27.3 Å². The van der Waals surface area contributed by atoms with Crippen LogP contribution >= 0.6 is 0 Å². The van der Waals surface area contributed by atoms with E-state index in [0.29, 0.717) is 58.5 Å². The average Bonchev–Trinajstić information content (AvgIpc) is 3.94. The first-order valence-electron chi connectivity index (χ1n) is 18.2. The molecule has 0 saturated heterocycles. The van der Waals surface area contributed by atoms with E-state index >= 15 is 0 Å². The Kier molecular flexibility index (Phi) is 19.6. The third-order valence-electron chi connectivity index (χ3n) is 8.82. The summed E-state index contributed by atoms with van der Waals surface area (Å²) in [7, 11) is 3.08. The predicted octanol–water partition coefficient (Wildman–Crippen LogP) is 2.43. The lowest BCUT2D eigenvalue weighted by Crippen LogP contribution is -2.50. The molecule has 286 valence electrons. The second kappa shape index (κ2) is 24.1. The topological polar surface area (TPSA) is 170 Å². The summed E-state index contributed by atoms with van der Waals surface area (Å²) in [5.74, 6) is -1.96. The highest BCUT2D eigenvalue weighted by molar-refractivity contribution is 6.00. The van der Waals surface area contributed by atoms with Gasteiger partial charge in [-0.1, -0.05) is 54.6 Å². The predicted molar refractivity (Wildman–Crippen MR) is 195 cm³/mol. The first-order chi connectivity index (χ1) is 25.2. The van der Waals surface area contributed by atoms with Gasteiger partial charge < -0.3 is 34.9 Å². The minimum absolute atomic E-state index is 0.0414. The lowest BCUT2D eigenvalue weighted by Gasteiger charge is -2.21. The Hall–Kier alpha value is -4.17. The van der Waals surface area contributed by atoms with Gasteiger partial charge in [-0.25, -0.2) is 0 Å². The number of amides is 5. The van der Waals surface area contributed by atoms with E-state index in [-0.39, 0.29) is 38.7 Å². The molecule has 2 aromatic carbocycles. The van der Waals surface area contributed by atoms with Crippen molar-refractivity contribution in [1.82, 2.24) is 21.3 Å². The minimum Gasteiger partial charge on any atom is -0.382 e. The van der Waals surface area contributed by atoms with Crippen molar-refractivity contribution >= 4 is 29.5 Å². The van der Waals surface area contributed by atoms with Gasteiger partial charge in [0.25, 0.3) is 0 Å². The van der Waals surface area contributed by atoms with E-state index in [2.05, 4.69) is 45.5 Å². The normalized spacial score (nSPS) is 13.5. The zero-order chi connectivity index (χ0) is 37.4. The van der Waals surface area contributed by atoms with Crippen LogP contribution < -0.4 is 21.3 Å². The van der Waals surface area contributed by atoms with Crippen molar-refractivity contribution in [2.24, 2.45) is 5.41 Å². The first-order valence-corrected chi connectivity index (χ1v) is 18.2. The fraction of sp³-hybridized carbons (Fsp3) is 0.564. The van der Waals surface area contributed by atoms with E-state index in [1.165, 1.54) is 18.2 Å². The molecule has 0 spiro atoms. The van der Waals surface area contributed by atoms with Crippen LogP contribution in [0.5, 0.6) is 0 Å². The molecule has 1 saturated carbocycles. The summed E-state index contributed by atoms with van der Waals surface area (Å²) in [5, 5.41) is 10.8. The van der Waals surface area contributed by atoms with Crippen molar-refractivity contribution in [3.05, 3.63) is 71.3 Å². The van der Waals surface area contributed by atoms with Crippen molar-refractivity contribution in [2.45, 2.75) is 70.3 Å². The van der Waals surface area contributed by atoms with Gasteiger partial charge in [0.2, 0.25) is 29.5 Å². The summed E-state index contributed by atoms with van der Waals surface area (Å²) in [5.41, 5.74) is 2.49. The summed E-state index contributed by atoms with van der Waals surface area (Å²) < 4.78 is 20.3. The van der Waals surface area contributed by atoms with Crippen molar-refractivity contribution in [3.8, 4) is 0 Å². The molecule has 52 heavy (non-hydrogen) atoms. The van der Waals surface area contributed by atoms with Gasteiger partial charge in [0.15, 0.2) is 0 Å². The number of imide groups is 1. The molecule has 0 bridgehead atoms. The molecule has 4 N–H and O–H groups in total. The van der Waals surface area contributed by atoms with Crippen LogP contribution in [-0.2, 0) is 62.2 Å². The largest absolute Gasteiger partial charge is 0.382 e. The van der Waals surface area contributed by atoms with Crippen molar-refractivity contribution in [2.75, 3.05) is 67.0 Å². The van der Waals surface area contributed by atoms with Gasteiger partial charge in [-0.3, -0.25) is 29.3 Å². The molecule has 0 aliphatic heterocycles. The minimum atomic E-state index is -0.876. The smallest absolute Gasteiger partial charge is 0.246 e. The molecule has 0 unspecified atom stereocenters. The summed E-state index contributed by atoms with van der Waals surface area (Å²) in [6, 6.07) is 17.5. The Labute approximate surface area is 307 Å². The Bertz CT molecular complexity index is 1380. The summed E-state index contributed by atoms with van der Waals surface area (Å²) in [6.07, 6.45) is 6.73. The number of hydrogen-bond donors (Lipinski definition) is 4. The highest BCUT2D eigenvalue weighted by Crippen LogP contribution is 2.45. The Morgan fingerprint density at radius 1 is 0.673 bits per heavy atom. The van der Waals surface area contributed by atoms with E-state index in [4.69, 9.17) is 18.9 Å². The number of methoxy groups -OCH3 is 2. The number of hydrogen-bond acceptors (Lipinski definition) is 9. The molecule has 0 aromatic heterocycles. The van der Waals surface area contributed by atoms with Crippen LogP contribution in [0.2, 0.25) is 0 Å². The maximum Gasteiger partial charge on any atom is 0.246 e. The van der Waals surface area contributed by atoms with Gasteiger partial charge >= 0.3 is 0 Å². The third-order valence-corrected chi connectivity index (χ3v) is 8.82. The van der Waals surface area contributed by atoms with Crippen LogP contribution in [0, 0.1) is 5.41 Å². The lowest BCUT2D eigenvalue weighted by atomic mass is 10.0. The van der Waals surface area contributed by atoms with Gasteiger partial charge in [0.05, 0.1) is 38.3 Å². The van der Waals surface area contributed by atoms with Gasteiger partial charge in [-0.05, 0) is 74.5 Å². The van der Waals surface area contributed by atoms with E-state index < -0.39 is 35.1 Å². The fourth-order valence-electron chi connectivity index (χ4n) is 5.50. The molecule has 1 aliphatic rings. The Morgan fingerprint density at radius 3 is 1.88 bits per heavy atom. The van der Waals surface area contributed by atoms with Crippen LogP contribution in [0.1, 0.15) is 61.6 Å². The van der Waals surface area contributed by atoms with Crippen LogP contribution in [0.25, 0.3) is 0 Å². The summed E-state index contributed by atoms with van der Waals surface area (Å²) in [6.45, 7) is 1.39. The monoisotopic (exact) mass is 724 g/mol. The van der Waals surface area contributed by atoms with E-state index in [1.54, 1.807) is 7.11 Å². The second-order valence-corrected chi connectivity index (χ2v) is 13.1. The molecular formula is C39H56N4O9. The third kappa shape index (κ3) is 16.9. The molecule has 0 heterocycles. The van der Waals surface area contributed by atoms with Crippen LogP contribution in [0.4, 0.5) is 0 Å². The van der Waals surface area contributed by atoms with Crippen LogP contribution in [0.3, 0.4) is 0 Å². The molecule has 3 rings (SSSR count). The van der Waals surface area contributed by atoms with E-state index in [9.17, 15) is 24.0 Å². The molecule has 1 fully saturated rings. The van der Waals surface area contributed by atoms with E-state index in [1.807, 2.05) is 30.3 Å². The molecule has 2 aromatic rings. The molecular weight excluding hydrogens is 668 g/mol. The number of aryl methyl sites for hydroxylation is 2. The van der Waals surface area contributed by atoms with Gasteiger partial charge in [-0.15, -0.1) is 0 Å².